The van der Waals surface area contributed by atoms with Crippen LogP contribution in [0.3, 0.4) is 0 Å². The van der Waals surface area contributed by atoms with E-state index in [9.17, 15) is 4.79 Å². The first-order valence-electron chi connectivity index (χ1n) is 4.97. The molecule has 0 aromatic carbocycles. The lowest BCUT2D eigenvalue weighted by Crippen LogP contribution is -2.46. The average Bonchev–Trinajstić information content (AvgIpc) is 2.00. The summed E-state index contributed by atoms with van der Waals surface area (Å²) in [6.45, 7) is 6.69. The predicted octanol–water partition coefficient (Wildman–Crippen LogP) is 1.29. The molecular formula is C10H22N2O. The summed E-state index contributed by atoms with van der Waals surface area (Å²) in [4.78, 5) is 11.2. The van der Waals surface area contributed by atoms with E-state index in [-0.39, 0.29) is 11.4 Å². The zero-order chi connectivity index (χ0) is 10.3. The number of nitrogens with one attached hydrogen (secondary N) is 2. The van der Waals surface area contributed by atoms with Crippen LogP contribution in [-0.2, 0) is 4.79 Å². The Morgan fingerprint density at radius 3 is 2.46 bits per heavy atom. The molecule has 78 valence electrons. The Morgan fingerprint density at radius 1 is 1.38 bits per heavy atom. The largest absolute Gasteiger partial charge is 0.350 e. The van der Waals surface area contributed by atoms with Crippen molar-refractivity contribution in [1.82, 2.24) is 10.6 Å². The van der Waals surface area contributed by atoms with Gasteiger partial charge >= 0.3 is 0 Å². The van der Waals surface area contributed by atoms with Gasteiger partial charge in [-0.15, -0.1) is 0 Å². The second-order valence-corrected chi connectivity index (χ2v) is 4.07. The highest BCUT2D eigenvalue weighted by Crippen LogP contribution is 2.12. The SMILES string of the molecule is CCCCC(C)(C)NC(=O)CNC. The summed E-state index contributed by atoms with van der Waals surface area (Å²) in [5.74, 6) is 0.0728. The molecule has 0 spiro atoms. The molecule has 13 heavy (non-hydrogen) atoms. The zero-order valence-corrected chi connectivity index (χ0v) is 9.24. The fourth-order valence-corrected chi connectivity index (χ4v) is 1.26. The first-order valence-corrected chi connectivity index (χ1v) is 4.97. The van der Waals surface area contributed by atoms with Crippen LogP contribution in [0.25, 0.3) is 0 Å². The van der Waals surface area contributed by atoms with Crippen molar-refractivity contribution in [2.75, 3.05) is 13.6 Å². The number of amides is 1. The number of likely N-dealkylation sites (N-methyl/N-ethyl adjacent to an activating group) is 1. The van der Waals surface area contributed by atoms with E-state index in [0.29, 0.717) is 6.54 Å². The zero-order valence-electron chi connectivity index (χ0n) is 9.24. The van der Waals surface area contributed by atoms with Crippen LogP contribution in [0.5, 0.6) is 0 Å². The molecule has 0 radical (unpaired) electrons. The third-order valence-corrected chi connectivity index (χ3v) is 1.97. The lowest BCUT2D eigenvalue weighted by molar-refractivity contribution is -0.121. The van der Waals surface area contributed by atoms with Crippen LogP contribution >= 0.6 is 0 Å². The fourth-order valence-electron chi connectivity index (χ4n) is 1.26. The van der Waals surface area contributed by atoms with Crippen molar-refractivity contribution < 1.29 is 4.79 Å². The molecule has 0 saturated carbocycles. The monoisotopic (exact) mass is 186 g/mol. The van der Waals surface area contributed by atoms with Crippen LogP contribution in [0, 0.1) is 0 Å². The maximum atomic E-state index is 11.2. The van der Waals surface area contributed by atoms with Gasteiger partial charge in [0.2, 0.25) is 5.91 Å². The summed E-state index contributed by atoms with van der Waals surface area (Å²) in [5, 5.41) is 5.82. The van der Waals surface area contributed by atoms with Crippen LogP contribution in [-0.4, -0.2) is 25.0 Å². The summed E-state index contributed by atoms with van der Waals surface area (Å²) in [6, 6.07) is 0. The summed E-state index contributed by atoms with van der Waals surface area (Å²) in [5.41, 5.74) is -0.0655. The maximum absolute atomic E-state index is 11.2. The lowest BCUT2D eigenvalue weighted by atomic mass is 9.97. The Kier molecular flexibility index (Phi) is 5.71. The van der Waals surface area contributed by atoms with Crippen LogP contribution < -0.4 is 10.6 Å². The van der Waals surface area contributed by atoms with Crippen molar-refractivity contribution in [3.05, 3.63) is 0 Å². The van der Waals surface area contributed by atoms with Crippen LogP contribution in [0.2, 0.25) is 0 Å². The fraction of sp³-hybridized carbons (Fsp3) is 0.900. The van der Waals surface area contributed by atoms with E-state index in [1.807, 2.05) is 0 Å². The van der Waals surface area contributed by atoms with Gasteiger partial charge < -0.3 is 10.6 Å². The number of carbonyl (C=O) groups is 1. The Balaban J connectivity index is 3.79. The minimum atomic E-state index is -0.0655. The van der Waals surface area contributed by atoms with E-state index in [2.05, 4.69) is 31.4 Å². The van der Waals surface area contributed by atoms with E-state index in [0.717, 1.165) is 12.8 Å². The Hall–Kier alpha value is -0.570. The van der Waals surface area contributed by atoms with Crippen LogP contribution in [0.15, 0.2) is 0 Å². The molecule has 0 bridgehead atoms. The van der Waals surface area contributed by atoms with Gasteiger partial charge in [-0.25, -0.2) is 0 Å². The van der Waals surface area contributed by atoms with E-state index < -0.39 is 0 Å². The van der Waals surface area contributed by atoms with Crippen molar-refractivity contribution in [2.24, 2.45) is 0 Å². The predicted molar refractivity (Wildman–Crippen MR) is 55.7 cm³/mol. The summed E-state index contributed by atoms with van der Waals surface area (Å²) >= 11 is 0. The molecule has 0 rings (SSSR count). The molecule has 3 nitrogen and oxygen atoms in total. The van der Waals surface area contributed by atoms with Gasteiger partial charge in [0.15, 0.2) is 0 Å². The molecule has 0 atom stereocenters. The first kappa shape index (κ1) is 12.4. The van der Waals surface area contributed by atoms with Crippen molar-refractivity contribution in [3.8, 4) is 0 Å². The second-order valence-electron chi connectivity index (χ2n) is 4.07. The number of carbonyl (C=O) groups excluding carboxylic acids is 1. The normalized spacial score (nSPS) is 11.4. The molecule has 0 aliphatic carbocycles. The van der Waals surface area contributed by atoms with E-state index >= 15 is 0 Å². The van der Waals surface area contributed by atoms with Crippen LogP contribution in [0.1, 0.15) is 40.0 Å². The highest BCUT2D eigenvalue weighted by atomic mass is 16.2. The molecule has 0 fully saturated rings. The van der Waals surface area contributed by atoms with Gasteiger partial charge in [-0.3, -0.25) is 4.79 Å². The third-order valence-electron chi connectivity index (χ3n) is 1.97. The van der Waals surface area contributed by atoms with Gasteiger partial charge in [0, 0.05) is 5.54 Å². The maximum Gasteiger partial charge on any atom is 0.234 e. The van der Waals surface area contributed by atoms with Crippen molar-refractivity contribution >= 4 is 5.91 Å². The molecule has 0 heterocycles. The molecular weight excluding hydrogens is 164 g/mol. The van der Waals surface area contributed by atoms with Gasteiger partial charge in [-0.05, 0) is 27.3 Å². The van der Waals surface area contributed by atoms with E-state index in [1.54, 1.807) is 7.05 Å². The second kappa shape index (κ2) is 5.97. The van der Waals surface area contributed by atoms with E-state index in [1.165, 1.54) is 6.42 Å². The van der Waals surface area contributed by atoms with Gasteiger partial charge in [0.25, 0.3) is 0 Å². The standard InChI is InChI=1S/C10H22N2O/c1-5-6-7-10(2,3)12-9(13)8-11-4/h11H,5-8H2,1-4H3,(H,12,13). The number of rotatable bonds is 6. The van der Waals surface area contributed by atoms with Crippen molar-refractivity contribution in [1.29, 1.82) is 0 Å². The van der Waals surface area contributed by atoms with Crippen LogP contribution in [0.4, 0.5) is 0 Å². The molecule has 0 aromatic rings. The quantitative estimate of drug-likeness (QED) is 0.656. The highest BCUT2D eigenvalue weighted by molar-refractivity contribution is 5.78. The number of hydrogen-bond donors (Lipinski definition) is 2. The molecule has 0 unspecified atom stereocenters. The number of unbranched alkanes of at least 4 members (excludes halogenated alkanes) is 1. The summed E-state index contributed by atoms with van der Waals surface area (Å²) in [6.07, 6.45) is 3.37. The Morgan fingerprint density at radius 2 is 2.00 bits per heavy atom. The highest BCUT2D eigenvalue weighted by Gasteiger charge is 2.18. The average molecular weight is 186 g/mol. The van der Waals surface area contributed by atoms with Crippen molar-refractivity contribution in [3.63, 3.8) is 0 Å². The molecule has 3 heteroatoms. The van der Waals surface area contributed by atoms with Gasteiger partial charge in [0.05, 0.1) is 6.54 Å². The smallest absolute Gasteiger partial charge is 0.234 e. The molecule has 0 aliphatic rings. The molecule has 1 amide bonds. The minimum absolute atomic E-state index is 0.0655. The third kappa shape index (κ3) is 6.58. The molecule has 0 aliphatic heterocycles. The minimum Gasteiger partial charge on any atom is -0.350 e. The Bertz CT molecular complexity index is 155. The summed E-state index contributed by atoms with van der Waals surface area (Å²) < 4.78 is 0. The van der Waals surface area contributed by atoms with Gasteiger partial charge in [-0.1, -0.05) is 19.8 Å². The molecule has 2 N–H and O–H groups in total. The lowest BCUT2D eigenvalue weighted by Gasteiger charge is -2.26. The van der Waals surface area contributed by atoms with E-state index in [4.69, 9.17) is 0 Å². The van der Waals surface area contributed by atoms with Gasteiger partial charge in [-0.2, -0.15) is 0 Å². The number of hydrogen-bond acceptors (Lipinski definition) is 2. The topological polar surface area (TPSA) is 41.1 Å². The first-order chi connectivity index (χ1) is 6.02. The van der Waals surface area contributed by atoms with Crippen molar-refractivity contribution in [2.45, 2.75) is 45.6 Å². The van der Waals surface area contributed by atoms with Gasteiger partial charge in [0.1, 0.15) is 0 Å². The summed E-state index contributed by atoms with van der Waals surface area (Å²) in [7, 11) is 1.78. The molecule has 0 saturated heterocycles. The Labute approximate surface area is 81.3 Å². The molecule has 0 aromatic heterocycles.